The minimum atomic E-state index is -0.334. The molecule has 1 aliphatic carbocycles. The molecule has 0 radical (unpaired) electrons. The lowest BCUT2D eigenvalue weighted by Gasteiger charge is -2.30. The molecule has 2 saturated heterocycles. The van der Waals surface area contributed by atoms with Gasteiger partial charge in [-0.1, -0.05) is 12.1 Å². The molecule has 23 heavy (non-hydrogen) atoms. The van der Waals surface area contributed by atoms with Crippen molar-refractivity contribution < 1.29 is 9.59 Å². The number of thioether (sulfide) groups is 1. The quantitative estimate of drug-likeness (QED) is 0.907. The molecule has 1 aromatic carbocycles. The van der Waals surface area contributed by atoms with E-state index in [1.165, 1.54) is 24.0 Å². The molecule has 1 aromatic rings. The van der Waals surface area contributed by atoms with Crippen LogP contribution in [-0.4, -0.2) is 33.4 Å². The van der Waals surface area contributed by atoms with E-state index < -0.39 is 0 Å². The summed E-state index contributed by atoms with van der Waals surface area (Å²) in [4.78, 5) is 26.6. The smallest absolute Gasteiger partial charge is 0.248 e. The standard InChI is InChI=1S/C18H22N2O2S/c1-18-10-9-16(21)20(18)15(11-23-18)17(22)19-14-8-4-6-12-5-2-3-7-13(12)14/h4,6,8,15H,2-3,5,7,9-11H2,1H3,(H,19,22)/t15-,18-/m0/s1. The molecule has 4 rings (SSSR count). The van der Waals surface area contributed by atoms with Gasteiger partial charge >= 0.3 is 0 Å². The Labute approximate surface area is 141 Å². The molecule has 2 aliphatic heterocycles. The molecule has 2 amide bonds. The topological polar surface area (TPSA) is 49.4 Å². The summed E-state index contributed by atoms with van der Waals surface area (Å²) in [5.41, 5.74) is 3.59. The summed E-state index contributed by atoms with van der Waals surface area (Å²) in [6.07, 6.45) is 5.95. The molecule has 2 fully saturated rings. The van der Waals surface area contributed by atoms with Crippen LogP contribution in [0.15, 0.2) is 18.2 Å². The number of nitrogens with one attached hydrogen (secondary N) is 1. The number of carbonyl (C=O) groups excluding carboxylic acids is 2. The van der Waals surface area contributed by atoms with Crippen molar-refractivity contribution in [3.05, 3.63) is 29.3 Å². The maximum absolute atomic E-state index is 12.8. The van der Waals surface area contributed by atoms with Gasteiger partial charge in [0.1, 0.15) is 6.04 Å². The Morgan fingerprint density at radius 3 is 3.00 bits per heavy atom. The van der Waals surface area contributed by atoms with Crippen molar-refractivity contribution in [1.29, 1.82) is 0 Å². The first kappa shape index (κ1) is 15.1. The molecule has 2 atom stereocenters. The Bertz CT molecular complexity index is 675. The summed E-state index contributed by atoms with van der Waals surface area (Å²) in [6.45, 7) is 2.08. The van der Waals surface area contributed by atoms with Gasteiger partial charge in [0.25, 0.3) is 0 Å². The zero-order valence-electron chi connectivity index (χ0n) is 13.4. The van der Waals surface area contributed by atoms with Gasteiger partial charge in [-0.3, -0.25) is 9.59 Å². The van der Waals surface area contributed by atoms with Gasteiger partial charge in [0.15, 0.2) is 0 Å². The molecule has 0 bridgehead atoms. The zero-order valence-corrected chi connectivity index (χ0v) is 14.2. The van der Waals surface area contributed by atoms with Gasteiger partial charge in [-0.25, -0.2) is 0 Å². The van der Waals surface area contributed by atoms with E-state index in [2.05, 4.69) is 18.3 Å². The Morgan fingerprint density at radius 2 is 2.13 bits per heavy atom. The van der Waals surface area contributed by atoms with Gasteiger partial charge in [0.2, 0.25) is 11.8 Å². The molecule has 2 heterocycles. The van der Waals surface area contributed by atoms with Crippen LogP contribution in [0.4, 0.5) is 5.69 Å². The van der Waals surface area contributed by atoms with Crippen molar-refractivity contribution in [1.82, 2.24) is 4.90 Å². The van der Waals surface area contributed by atoms with Crippen LogP contribution in [0.5, 0.6) is 0 Å². The van der Waals surface area contributed by atoms with Crippen LogP contribution in [0.25, 0.3) is 0 Å². The van der Waals surface area contributed by atoms with Gasteiger partial charge in [0, 0.05) is 17.9 Å². The molecule has 0 spiro atoms. The summed E-state index contributed by atoms with van der Waals surface area (Å²) in [5.74, 6) is 0.784. The van der Waals surface area contributed by atoms with Gasteiger partial charge in [-0.15, -0.1) is 11.8 Å². The number of hydrogen-bond donors (Lipinski definition) is 1. The van der Waals surface area contributed by atoms with E-state index in [0.717, 1.165) is 24.9 Å². The van der Waals surface area contributed by atoms with Crippen molar-refractivity contribution in [3.8, 4) is 0 Å². The molecule has 0 unspecified atom stereocenters. The second-order valence-electron chi connectivity index (χ2n) is 6.91. The van der Waals surface area contributed by atoms with Crippen LogP contribution < -0.4 is 5.32 Å². The maximum atomic E-state index is 12.8. The molecule has 1 N–H and O–H groups in total. The molecule has 4 nitrogen and oxygen atoms in total. The van der Waals surface area contributed by atoms with Crippen molar-refractivity contribution in [3.63, 3.8) is 0 Å². The van der Waals surface area contributed by atoms with Gasteiger partial charge in [-0.2, -0.15) is 0 Å². The first-order chi connectivity index (χ1) is 11.1. The monoisotopic (exact) mass is 330 g/mol. The summed E-state index contributed by atoms with van der Waals surface area (Å²) in [6, 6.07) is 5.85. The van der Waals surface area contributed by atoms with Gasteiger partial charge < -0.3 is 10.2 Å². The number of benzene rings is 1. The number of fused-ring (bicyclic) bond motifs is 2. The predicted octanol–water partition coefficient (Wildman–Crippen LogP) is 2.96. The summed E-state index contributed by atoms with van der Waals surface area (Å²) >= 11 is 1.74. The van der Waals surface area contributed by atoms with E-state index >= 15 is 0 Å². The Kier molecular flexibility index (Phi) is 3.63. The van der Waals surface area contributed by atoms with Gasteiger partial charge in [-0.05, 0) is 56.2 Å². The second-order valence-corrected chi connectivity index (χ2v) is 8.41. The Morgan fingerprint density at radius 1 is 1.30 bits per heavy atom. The van der Waals surface area contributed by atoms with E-state index in [4.69, 9.17) is 0 Å². The second kappa shape index (κ2) is 5.55. The van der Waals surface area contributed by atoms with Crippen LogP contribution in [0, 0.1) is 0 Å². The minimum absolute atomic E-state index is 0.0320. The molecule has 122 valence electrons. The molecule has 0 aromatic heterocycles. The highest BCUT2D eigenvalue weighted by atomic mass is 32.2. The van der Waals surface area contributed by atoms with Crippen molar-refractivity contribution >= 4 is 29.3 Å². The summed E-state index contributed by atoms with van der Waals surface area (Å²) < 4.78 is 0. The number of carbonyl (C=O) groups is 2. The third-order valence-electron chi connectivity index (χ3n) is 5.40. The number of hydrogen-bond acceptors (Lipinski definition) is 3. The Hall–Kier alpha value is -1.49. The van der Waals surface area contributed by atoms with Crippen molar-refractivity contribution in [2.45, 2.75) is 56.4 Å². The molecule has 5 heteroatoms. The minimum Gasteiger partial charge on any atom is -0.324 e. The molecule has 0 saturated carbocycles. The highest BCUT2D eigenvalue weighted by Gasteiger charge is 2.52. The fraction of sp³-hybridized carbons (Fsp3) is 0.556. The third-order valence-corrected chi connectivity index (χ3v) is 6.91. The number of anilines is 1. The first-order valence-electron chi connectivity index (χ1n) is 8.46. The normalized spacial score (nSPS) is 29.3. The van der Waals surface area contributed by atoms with E-state index in [9.17, 15) is 9.59 Å². The first-order valence-corrected chi connectivity index (χ1v) is 9.45. The number of aryl methyl sites for hydroxylation is 1. The average molecular weight is 330 g/mol. The molecule has 3 aliphatic rings. The fourth-order valence-electron chi connectivity index (χ4n) is 4.13. The van der Waals surface area contributed by atoms with Crippen LogP contribution in [-0.2, 0) is 22.4 Å². The third kappa shape index (κ3) is 2.45. The lowest BCUT2D eigenvalue weighted by atomic mass is 9.90. The van der Waals surface area contributed by atoms with E-state index in [-0.39, 0.29) is 22.7 Å². The Balaban J connectivity index is 1.56. The largest absolute Gasteiger partial charge is 0.324 e. The number of nitrogens with zero attached hydrogens (tertiary/aromatic N) is 1. The summed E-state index contributed by atoms with van der Waals surface area (Å²) in [5, 5.41) is 3.12. The highest BCUT2D eigenvalue weighted by Crippen LogP contribution is 2.47. The van der Waals surface area contributed by atoms with Crippen LogP contribution in [0.3, 0.4) is 0 Å². The van der Waals surface area contributed by atoms with E-state index in [0.29, 0.717) is 12.2 Å². The lowest BCUT2D eigenvalue weighted by molar-refractivity contribution is -0.135. The highest BCUT2D eigenvalue weighted by molar-refractivity contribution is 8.01. The van der Waals surface area contributed by atoms with E-state index in [1.54, 1.807) is 11.8 Å². The van der Waals surface area contributed by atoms with Crippen molar-refractivity contribution in [2.75, 3.05) is 11.1 Å². The lowest BCUT2D eigenvalue weighted by Crippen LogP contribution is -2.48. The predicted molar refractivity (Wildman–Crippen MR) is 92.4 cm³/mol. The van der Waals surface area contributed by atoms with Crippen molar-refractivity contribution in [2.24, 2.45) is 0 Å². The number of amides is 2. The average Bonchev–Trinajstić information content (AvgIpc) is 3.04. The summed E-state index contributed by atoms with van der Waals surface area (Å²) in [7, 11) is 0. The van der Waals surface area contributed by atoms with Crippen LogP contribution in [0.2, 0.25) is 0 Å². The fourth-order valence-corrected chi connectivity index (χ4v) is 5.56. The van der Waals surface area contributed by atoms with E-state index in [1.807, 2.05) is 17.0 Å². The zero-order chi connectivity index (χ0) is 16.0. The van der Waals surface area contributed by atoms with Gasteiger partial charge in [0.05, 0.1) is 4.87 Å². The molecular formula is C18H22N2O2S. The van der Waals surface area contributed by atoms with Crippen LogP contribution in [0.1, 0.15) is 43.7 Å². The SMILES string of the molecule is C[C@]12CCC(=O)N1[C@H](C(=O)Nc1cccc3c1CCCC3)CS2. The van der Waals surface area contributed by atoms with Crippen LogP contribution >= 0.6 is 11.8 Å². The molecular weight excluding hydrogens is 308 g/mol. The number of rotatable bonds is 2. The maximum Gasteiger partial charge on any atom is 0.248 e.